The molecule has 16 heavy (non-hydrogen) atoms. The number of fused-ring (bicyclic) bond motifs is 1. The zero-order valence-electron chi connectivity index (χ0n) is 9.91. The van der Waals surface area contributed by atoms with Gasteiger partial charge in [0.05, 0.1) is 0 Å². The van der Waals surface area contributed by atoms with Crippen molar-refractivity contribution >= 4 is 0 Å². The molecule has 1 aliphatic rings. The second-order valence-electron chi connectivity index (χ2n) is 4.87. The van der Waals surface area contributed by atoms with E-state index in [-0.39, 0.29) is 23.9 Å². The first-order valence-electron chi connectivity index (χ1n) is 5.72. The van der Waals surface area contributed by atoms with Crippen LogP contribution in [-0.4, -0.2) is 12.1 Å². The predicted molar refractivity (Wildman–Crippen MR) is 62.0 cm³/mol. The lowest BCUT2D eigenvalue weighted by Crippen LogP contribution is -2.43. The molecule has 2 rings (SSSR count). The molecule has 0 radical (unpaired) electrons. The Morgan fingerprint density at radius 3 is 2.69 bits per heavy atom. The van der Waals surface area contributed by atoms with Gasteiger partial charge in [-0.1, -0.05) is 20.8 Å². The molecule has 1 heterocycles. The molecule has 0 spiro atoms. The molecule has 0 saturated carbocycles. The Balaban J connectivity index is 2.27. The molecular weight excluding hydrogens is 205 g/mol. The van der Waals surface area contributed by atoms with E-state index >= 15 is 0 Å². The molecular formula is C13H18FNO. The second kappa shape index (κ2) is 4.06. The molecule has 2 nitrogen and oxygen atoms in total. The summed E-state index contributed by atoms with van der Waals surface area (Å²) in [6.07, 6.45) is -0.0446. The van der Waals surface area contributed by atoms with Crippen LogP contribution >= 0.6 is 0 Å². The number of ether oxygens (including phenoxy) is 1. The maximum absolute atomic E-state index is 13.1. The van der Waals surface area contributed by atoms with Gasteiger partial charge in [0.1, 0.15) is 17.7 Å². The van der Waals surface area contributed by atoms with Gasteiger partial charge in [0.15, 0.2) is 0 Å². The van der Waals surface area contributed by atoms with Crippen molar-refractivity contribution in [2.24, 2.45) is 11.7 Å². The first-order valence-corrected chi connectivity index (χ1v) is 5.72. The molecule has 3 heteroatoms. The van der Waals surface area contributed by atoms with Gasteiger partial charge in [-0.15, -0.1) is 0 Å². The van der Waals surface area contributed by atoms with E-state index in [1.165, 1.54) is 6.07 Å². The topological polar surface area (TPSA) is 35.2 Å². The predicted octanol–water partition coefficient (Wildman–Crippen LogP) is 2.67. The number of halogens is 1. The molecule has 1 aromatic carbocycles. The molecule has 0 saturated heterocycles. The van der Waals surface area contributed by atoms with Crippen molar-refractivity contribution in [3.63, 3.8) is 0 Å². The fourth-order valence-electron chi connectivity index (χ4n) is 2.20. The highest BCUT2D eigenvalue weighted by Crippen LogP contribution is 2.40. The summed E-state index contributed by atoms with van der Waals surface area (Å²) in [5, 5.41) is 0. The average molecular weight is 223 g/mol. The highest BCUT2D eigenvalue weighted by molar-refractivity contribution is 5.41. The summed E-state index contributed by atoms with van der Waals surface area (Å²) in [6.45, 7) is 6.19. The van der Waals surface area contributed by atoms with E-state index in [2.05, 4.69) is 13.8 Å². The van der Waals surface area contributed by atoms with Crippen molar-refractivity contribution < 1.29 is 9.13 Å². The van der Waals surface area contributed by atoms with Crippen LogP contribution in [0.3, 0.4) is 0 Å². The van der Waals surface area contributed by atoms with E-state index in [1.54, 1.807) is 12.1 Å². The van der Waals surface area contributed by atoms with Gasteiger partial charge in [0.2, 0.25) is 0 Å². The Kier molecular flexibility index (Phi) is 2.89. The van der Waals surface area contributed by atoms with E-state index in [1.807, 2.05) is 6.92 Å². The molecule has 2 N–H and O–H groups in total. The monoisotopic (exact) mass is 223 g/mol. The molecule has 0 amide bonds. The third-order valence-electron chi connectivity index (χ3n) is 3.37. The van der Waals surface area contributed by atoms with Gasteiger partial charge in [-0.2, -0.15) is 0 Å². The Morgan fingerprint density at radius 2 is 2.06 bits per heavy atom. The van der Waals surface area contributed by atoms with Crippen LogP contribution in [-0.2, 0) is 0 Å². The second-order valence-corrected chi connectivity index (χ2v) is 4.87. The largest absolute Gasteiger partial charge is 0.488 e. The molecule has 0 aliphatic carbocycles. The Labute approximate surface area is 95.6 Å². The molecule has 3 unspecified atom stereocenters. The van der Waals surface area contributed by atoms with Crippen molar-refractivity contribution in [2.75, 3.05) is 0 Å². The van der Waals surface area contributed by atoms with Crippen LogP contribution in [0, 0.1) is 11.7 Å². The minimum atomic E-state index is -0.215. The van der Waals surface area contributed by atoms with E-state index < -0.39 is 0 Å². The van der Waals surface area contributed by atoms with Crippen molar-refractivity contribution in [2.45, 2.75) is 38.8 Å². The molecule has 0 aromatic heterocycles. The number of benzene rings is 1. The van der Waals surface area contributed by atoms with Gasteiger partial charge in [-0.3, -0.25) is 0 Å². The average Bonchev–Trinajstić information content (AvgIpc) is 2.55. The summed E-state index contributed by atoms with van der Waals surface area (Å²) in [4.78, 5) is 0. The third kappa shape index (κ3) is 1.80. The van der Waals surface area contributed by atoms with Crippen molar-refractivity contribution in [3.8, 4) is 5.75 Å². The minimum absolute atomic E-state index is 0.0227. The lowest BCUT2D eigenvalue weighted by molar-refractivity contribution is 0.155. The highest BCUT2D eigenvalue weighted by Gasteiger charge is 2.36. The van der Waals surface area contributed by atoms with Crippen LogP contribution in [0.15, 0.2) is 18.2 Å². The standard InChI is InChI=1S/C13H18FNO/c1-7(2)12(15)13-8(3)10-6-9(14)4-5-11(10)16-13/h4-8,12-13H,15H2,1-3H3. The summed E-state index contributed by atoms with van der Waals surface area (Å²) in [5.41, 5.74) is 7.04. The van der Waals surface area contributed by atoms with E-state index in [0.717, 1.165) is 11.3 Å². The summed E-state index contributed by atoms with van der Waals surface area (Å²) >= 11 is 0. The van der Waals surface area contributed by atoms with Crippen LogP contribution < -0.4 is 10.5 Å². The van der Waals surface area contributed by atoms with Gasteiger partial charge >= 0.3 is 0 Å². The third-order valence-corrected chi connectivity index (χ3v) is 3.37. The van der Waals surface area contributed by atoms with Crippen molar-refractivity contribution in [1.29, 1.82) is 0 Å². The van der Waals surface area contributed by atoms with Gasteiger partial charge < -0.3 is 10.5 Å². The van der Waals surface area contributed by atoms with Crippen molar-refractivity contribution in [1.82, 2.24) is 0 Å². The van der Waals surface area contributed by atoms with Gasteiger partial charge in [-0.25, -0.2) is 4.39 Å². The summed E-state index contributed by atoms with van der Waals surface area (Å²) in [7, 11) is 0. The summed E-state index contributed by atoms with van der Waals surface area (Å²) < 4.78 is 18.9. The number of rotatable bonds is 2. The molecule has 0 bridgehead atoms. The fraction of sp³-hybridized carbons (Fsp3) is 0.538. The van der Waals surface area contributed by atoms with Gasteiger partial charge in [0.25, 0.3) is 0 Å². The summed E-state index contributed by atoms with van der Waals surface area (Å²) in [6, 6.07) is 4.64. The van der Waals surface area contributed by atoms with Crippen molar-refractivity contribution in [3.05, 3.63) is 29.6 Å². The first-order chi connectivity index (χ1) is 7.50. The van der Waals surface area contributed by atoms with Gasteiger partial charge in [-0.05, 0) is 24.1 Å². The zero-order valence-corrected chi connectivity index (χ0v) is 9.91. The van der Waals surface area contributed by atoms with E-state index in [4.69, 9.17) is 10.5 Å². The number of hydrogen-bond donors (Lipinski definition) is 1. The van der Waals surface area contributed by atoms with E-state index in [9.17, 15) is 4.39 Å². The zero-order chi connectivity index (χ0) is 11.9. The van der Waals surface area contributed by atoms with E-state index in [0.29, 0.717) is 5.92 Å². The number of hydrogen-bond acceptors (Lipinski definition) is 2. The van der Waals surface area contributed by atoms with Crippen LogP contribution in [0.5, 0.6) is 5.75 Å². The Morgan fingerprint density at radius 1 is 1.38 bits per heavy atom. The minimum Gasteiger partial charge on any atom is -0.488 e. The molecule has 88 valence electrons. The van der Waals surface area contributed by atoms with Crippen LogP contribution in [0.2, 0.25) is 0 Å². The Hall–Kier alpha value is -1.09. The lowest BCUT2D eigenvalue weighted by Gasteiger charge is -2.25. The maximum atomic E-state index is 13.1. The molecule has 1 aliphatic heterocycles. The van der Waals surface area contributed by atoms with Crippen LogP contribution in [0.25, 0.3) is 0 Å². The SMILES string of the molecule is CC(C)C(N)C1Oc2ccc(F)cc2C1C. The first kappa shape index (κ1) is 11.4. The summed E-state index contributed by atoms with van der Waals surface area (Å²) in [5.74, 6) is 1.07. The lowest BCUT2D eigenvalue weighted by atomic mass is 9.88. The van der Waals surface area contributed by atoms with Gasteiger partial charge in [0, 0.05) is 17.5 Å². The Bertz CT molecular complexity index is 392. The normalized spacial score (nSPS) is 25.4. The molecule has 3 atom stereocenters. The quantitative estimate of drug-likeness (QED) is 0.836. The number of nitrogens with two attached hydrogens (primary N) is 1. The highest BCUT2D eigenvalue weighted by atomic mass is 19.1. The fourth-order valence-corrected chi connectivity index (χ4v) is 2.20. The van der Waals surface area contributed by atoms with Crippen LogP contribution in [0.4, 0.5) is 4.39 Å². The molecule has 0 fully saturated rings. The van der Waals surface area contributed by atoms with Crippen LogP contribution in [0.1, 0.15) is 32.3 Å². The smallest absolute Gasteiger partial charge is 0.123 e. The maximum Gasteiger partial charge on any atom is 0.123 e. The molecule has 1 aromatic rings.